The highest BCUT2D eigenvalue weighted by Gasteiger charge is 2.15. The summed E-state index contributed by atoms with van der Waals surface area (Å²) in [6.07, 6.45) is 6.17. The molecule has 0 saturated heterocycles. The van der Waals surface area contributed by atoms with Crippen LogP contribution in [0.4, 0.5) is 0 Å². The zero-order chi connectivity index (χ0) is 16.9. The highest BCUT2D eigenvalue weighted by atomic mass is 32.2. The normalized spacial score (nSPS) is 14.2. The van der Waals surface area contributed by atoms with Crippen molar-refractivity contribution in [2.24, 2.45) is 0 Å². The van der Waals surface area contributed by atoms with E-state index in [1.165, 1.54) is 10.6 Å². The smallest absolute Gasteiger partial charge is 0.160 e. The lowest BCUT2D eigenvalue weighted by atomic mass is 10.3. The van der Waals surface area contributed by atoms with Gasteiger partial charge in [0.25, 0.3) is 0 Å². The third-order valence-electron chi connectivity index (χ3n) is 4.39. The highest BCUT2D eigenvalue weighted by molar-refractivity contribution is 7.99. The van der Waals surface area contributed by atoms with Gasteiger partial charge in [-0.1, -0.05) is 18.2 Å². The molecule has 6 heteroatoms. The molecule has 3 heterocycles. The standard InChI is InChI=1S/C19H23N5S/c1-2-6-17(7-3-1)25-13-5-10-23-12-9-21-19(23)18-14-16-15-20-8-4-11-24(16)22-18/h1-3,6-7,9,12,14,20H,4-5,8,10-11,13,15H2. The van der Waals surface area contributed by atoms with Crippen molar-refractivity contribution < 1.29 is 0 Å². The molecular formula is C19H23N5S. The van der Waals surface area contributed by atoms with Crippen LogP contribution >= 0.6 is 11.8 Å². The first-order valence-electron chi connectivity index (χ1n) is 8.87. The van der Waals surface area contributed by atoms with Gasteiger partial charge in [0.2, 0.25) is 0 Å². The quantitative estimate of drug-likeness (QED) is 0.545. The Bertz CT molecular complexity index is 785. The molecule has 4 rings (SSSR count). The molecule has 0 atom stereocenters. The minimum Gasteiger partial charge on any atom is -0.330 e. The second kappa shape index (κ2) is 7.89. The number of fused-ring (bicyclic) bond motifs is 1. The Morgan fingerprint density at radius 2 is 2.12 bits per heavy atom. The molecule has 0 amide bonds. The summed E-state index contributed by atoms with van der Waals surface area (Å²) >= 11 is 1.91. The van der Waals surface area contributed by atoms with Gasteiger partial charge in [-0.15, -0.1) is 11.8 Å². The van der Waals surface area contributed by atoms with E-state index in [1.54, 1.807) is 0 Å². The van der Waals surface area contributed by atoms with Gasteiger partial charge in [0.05, 0.1) is 5.69 Å². The van der Waals surface area contributed by atoms with Gasteiger partial charge in [-0.05, 0) is 43.3 Å². The zero-order valence-corrected chi connectivity index (χ0v) is 15.1. The van der Waals surface area contributed by atoms with Crippen molar-refractivity contribution in [1.82, 2.24) is 24.6 Å². The summed E-state index contributed by atoms with van der Waals surface area (Å²) < 4.78 is 4.35. The fraction of sp³-hybridized carbons (Fsp3) is 0.368. The molecule has 1 aliphatic heterocycles. The number of thioether (sulfide) groups is 1. The van der Waals surface area contributed by atoms with Crippen LogP contribution in [0.1, 0.15) is 18.5 Å². The average molecular weight is 353 g/mol. The van der Waals surface area contributed by atoms with Crippen LogP contribution in [-0.2, 0) is 19.6 Å². The van der Waals surface area contributed by atoms with E-state index in [0.29, 0.717) is 0 Å². The van der Waals surface area contributed by atoms with Crippen molar-refractivity contribution in [2.75, 3.05) is 12.3 Å². The molecule has 0 saturated carbocycles. The van der Waals surface area contributed by atoms with Crippen LogP contribution in [0.5, 0.6) is 0 Å². The Labute approximate surface area is 152 Å². The van der Waals surface area contributed by atoms with Gasteiger partial charge in [-0.2, -0.15) is 5.10 Å². The largest absolute Gasteiger partial charge is 0.330 e. The molecule has 0 aliphatic carbocycles. The summed E-state index contributed by atoms with van der Waals surface area (Å²) in [6, 6.07) is 12.8. The lowest BCUT2D eigenvalue weighted by molar-refractivity contribution is 0.587. The number of nitrogens with zero attached hydrogens (tertiary/aromatic N) is 4. The van der Waals surface area contributed by atoms with Gasteiger partial charge in [0.15, 0.2) is 5.82 Å². The van der Waals surface area contributed by atoms with Crippen molar-refractivity contribution in [3.05, 3.63) is 54.5 Å². The van der Waals surface area contributed by atoms with E-state index in [4.69, 9.17) is 5.10 Å². The molecule has 3 aromatic rings. The summed E-state index contributed by atoms with van der Waals surface area (Å²) in [5, 5.41) is 8.22. The van der Waals surface area contributed by atoms with Crippen molar-refractivity contribution in [2.45, 2.75) is 37.4 Å². The summed E-state index contributed by atoms with van der Waals surface area (Å²) in [5.41, 5.74) is 2.24. The van der Waals surface area contributed by atoms with Crippen LogP contribution in [0.2, 0.25) is 0 Å². The Balaban J connectivity index is 1.39. The third kappa shape index (κ3) is 3.96. The van der Waals surface area contributed by atoms with Crippen LogP contribution in [0, 0.1) is 0 Å². The molecule has 0 bridgehead atoms. The summed E-state index contributed by atoms with van der Waals surface area (Å²) in [5.74, 6) is 2.08. The minimum atomic E-state index is 0.890. The molecule has 0 spiro atoms. The molecule has 25 heavy (non-hydrogen) atoms. The molecule has 0 radical (unpaired) electrons. The number of benzene rings is 1. The fourth-order valence-electron chi connectivity index (χ4n) is 3.14. The van der Waals surface area contributed by atoms with E-state index in [0.717, 1.165) is 56.3 Å². The zero-order valence-electron chi connectivity index (χ0n) is 14.3. The molecular weight excluding hydrogens is 330 g/mol. The lowest BCUT2D eigenvalue weighted by Crippen LogP contribution is -2.11. The SMILES string of the molecule is c1ccc(SCCCn2ccnc2-c2cc3n(n2)CCCNC3)cc1. The van der Waals surface area contributed by atoms with E-state index in [2.05, 4.69) is 62.1 Å². The molecule has 0 fully saturated rings. The fourth-order valence-corrected chi connectivity index (χ4v) is 3.99. The van der Waals surface area contributed by atoms with E-state index < -0.39 is 0 Å². The predicted molar refractivity (Wildman–Crippen MR) is 102 cm³/mol. The summed E-state index contributed by atoms with van der Waals surface area (Å²) in [4.78, 5) is 5.88. The molecule has 1 aromatic carbocycles. The maximum atomic E-state index is 4.78. The Kier molecular flexibility index (Phi) is 5.18. The van der Waals surface area contributed by atoms with Gasteiger partial charge >= 0.3 is 0 Å². The summed E-state index contributed by atoms with van der Waals surface area (Å²) in [6.45, 7) is 3.90. The minimum absolute atomic E-state index is 0.890. The van der Waals surface area contributed by atoms with Crippen molar-refractivity contribution in [3.8, 4) is 11.5 Å². The van der Waals surface area contributed by atoms with E-state index in [1.807, 2.05) is 18.0 Å². The lowest BCUT2D eigenvalue weighted by Gasteiger charge is -2.06. The molecule has 5 nitrogen and oxygen atoms in total. The van der Waals surface area contributed by atoms with Crippen molar-refractivity contribution >= 4 is 11.8 Å². The molecule has 1 N–H and O–H groups in total. The van der Waals surface area contributed by atoms with Crippen molar-refractivity contribution in [3.63, 3.8) is 0 Å². The maximum Gasteiger partial charge on any atom is 0.160 e. The third-order valence-corrected chi connectivity index (χ3v) is 5.49. The Morgan fingerprint density at radius 1 is 1.20 bits per heavy atom. The van der Waals surface area contributed by atoms with Crippen LogP contribution in [0.25, 0.3) is 11.5 Å². The van der Waals surface area contributed by atoms with Crippen LogP contribution in [-0.4, -0.2) is 31.6 Å². The number of aryl methyl sites for hydroxylation is 2. The monoisotopic (exact) mass is 353 g/mol. The Morgan fingerprint density at radius 3 is 3.04 bits per heavy atom. The topological polar surface area (TPSA) is 47.7 Å². The van der Waals surface area contributed by atoms with Crippen molar-refractivity contribution in [1.29, 1.82) is 0 Å². The second-order valence-electron chi connectivity index (χ2n) is 6.23. The van der Waals surface area contributed by atoms with Gasteiger partial charge < -0.3 is 9.88 Å². The second-order valence-corrected chi connectivity index (χ2v) is 7.40. The van der Waals surface area contributed by atoms with Gasteiger partial charge in [0.1, 0.15) is 5.69 Å². The maximum absolute atomic E-state index is 4.78. The Hall–Kier alpha value is -2.05. The number of imidazole rings is 1. The van der Waals surface area contributed by atoms with E-state index in [-0.39, 0.29) is 0 Å². The predicted octanol–water partition coefficient (Wildman–Crippen LogP) is 3.42. The average Bonchev–Trinajstić information content (AvgIpc) is 3.21. The van der Waals surface area contributed by atoms with E-state index >= 15 is 0 Å². The first-order chi connectivity index (χ1) is 12.4. The number of hydrogen-bond acceptors (Lipinski definition) is 4. The van der Waals surface area contributed by atoms with Gasteiger partial charge in [-0.3, -0.25) is 4.68 Å². The summed E-state index contributed by atoms with van der Waals surface area (Å²) in [7, 11) is 0. The molecule has 130 valence electrons. The first kappa shape index (κ1) is 16.4. The van der Waals surface area contributed by atoms with E-state index in [9.17, 15) is 0 Å². The molecule has 2 aromatic heterocycles. The first-order valence-corrected chi connectivity index (χ1v) is 9.85. The van der Waals surface area contributed by atoms with Gasteiger partial charge in [0, 0.05) is 36.9 Å². The van der Waals surface area contributed by atoms with Crippen LogP contribution < -0.4 is 5.32 Å². The van der Waals surface area contributed by atoms with Crippen LogP contribution in [0.3, 0.4) is 0 Å². The number of aromatic nitrogens is 4. The van der Waals surface area contributed by atoms with Crippen LogP contribution in [0.15, 0.2) is 53.7 Å². The molecule has 1 aliphatic rings. The molecule has 0 unspecified atom stereocenters. The number of hydrogen-bond donors (Lipinski definition) is 1. The highest BCUT2D eigenvalue weighted by Crippen LogP contribution is 2.21. The van der Waals surface area contributed by atoms with Gasteiger partial charge in [-0.25, -0.2) is 4.98 Å². The number of rotatable bonds is 6. The number of nitrogens with one attached hydrogen (secondary N) is 1.